The van der Waals surface area contributed by atoms with Crippen LogP contribution in [0.3, 0.4) is 0 Å². The van der Waals surface area contributed by atoms with Gasteiger partial charge in [-0.05, 0) is 31.4 Å². The van der Waals surface area contributed by atoms with Gasteiger partial charge in [-0.25, -0.2) is 0 Å². The molecule has 0 radical (unpaired) electrons. The van der Waals surface area contributed by atoms with Crippen molar-refractivity contribution in [3.8, 4) is 0 Å². The van der Waals surface area contributed by atoms with Crippen molar-refractivity contribution in [1.29, 1.82) is 0 Å². The van der Waals surface area contributed by atoms with Gasteiger partial charge in [-0.1, -0.05) is 50.1 Å². The molecule has 2 N–H and O–H groups in total. The van der Waals surface area contributed by atoms with E-state index in [9.17, 15) is 5.11 Å². The lowest BCUT2D eigenvalue weighted by Gasteiger charge is -2.35. The maximum atomic E-state index is 9.94. The van der Waals surface area contributed by atoms with E-state index in [4.69, 9.17) is 0 Å². The number of hydrogen-bond donors (Lipinski definition) is 2. The molecule has 1 fully saturated rings. The van der Waals surface area contributed by atoms with Crippen molar-refractivity contribution in [3.63, 3.8) is 0 Å². The lowest BCUT2D eigenvalue weighted by molar-refractivity contribution is 0.187. The molecule has 1 aliphatic carbocycles. The number of aliphatic hydroxyl groups excluding tert-OH is 1. The zero-order chi connectivity index (χ0) is 14.4. The van der Waals surface area contributed by atoms with Crippen molar-refractivity contribution in [3.05, 3.63) is 35.9 Å². The smallest absolute Gasteiger partial charge is 0.0758 e. The van der Waals surface area contributed by atoms with Crippen LogP contribution in [0.25, 0.3) is 0 Å². The summed E-state index contributed by atoms with van der Waals surface area (Å²) in [6.45, 7) is 2.50. The Labute approximate surface area is 127 Å². The fraction of sp³-hybridized carbons (Fsp3) is 0.647. The summed E-state index contributed by atoms with van der Waals surface area (Å²) >= 11 is 2.03. The van der Waals surface area contributed by atoms with Crippen LogP contribution in [0.1, 0.15) is 38.2 Å². The molecule has 0 aromatic heterocycles. The Bertz CT molecular complexity index is 391. The first kappa shape index (κ1) is 15.9. The quantitative estimate of drug-likeness (QED) is 0.843. The topological polar surface area (TPSA) is 32.3 Å². The summed E-state index contributed by atoms with van der Waals surface area (Å²) in [5, 5.41) is 14.0. The third-order valence-electron chi connectivity index (χ3n) is 4.53. The van der Waals surface area contributed by atoms with Gasteiger partial charge in [0.15, 0.2) is 0 Å². The molecule has 0 amide bonds. The van der Waals surface area contributed by atoms with Crippen molar-refractivity contribution < 1.29 is 5.11 Å². The van der Waals surface area contributed by atoms with E-state index in [2.05, 4.69) is 24.4 Å². The first-order valence-corrected chi connectivity index (χ1v) is 8.72. The molecule has 3 atom stereocenters. The maximum absolute atomic E-state index is 9.94. The Balaban J connectivity index is 2.02. The van der Waals surface area contributed by atoms with Crippen molar-refractivity contribution in [2.75, 3.05) is 19.4 Å². The van der Waals surface area contributed by atoms with E-state index >= 15 is 0 Å². The summed E-state index contributed by atoms with van der Waals surface area (Å²) in [6, 6.07) is 10.3. The fourth-order valence-corrected chi connectivity index (χ4v) is 4.78. The summed E-state index contributed by atoms with van der Waals surface area (Å²) in [5.41, 5.74) is 0.869. The number of rotatable bonds is 6. The van der Waals surface area contributed by atoms with Crippen molar-refractivity contribution in [2.45, 2.75) is 43.4 Å². The minimum absolute atomic E-state index is 0.142. The molecule has 112 valence electrons. The van der Waals surface area contributed by atoms with Gasteiger partial charge in [-0.2, -0.15) is 11.8 Å². The van der Waals surface area contributed by atoms with Crippen LogP contribution in [0.5, 0.6) is 0 Å². The highest BCUT2D eigenvalue weighted by atomic mass is 32.2. The molecular formula is C17H27NOS. The molecule has 0 aliphatic heterocycles. The summed E-state index contributed by atoms with van der Waals surface area (Å²) in [5.74, 6) is 1.79. The van der Waals surface area contributed by atoms with Gasteiger partial charge in [-0.3, -0.25) is 0 Å². The summed E-state index contributed by atoms with van der Waals surface area (Å²) < 4.78 is 0. The van der Waals surface area contributed by atoms with Gasteiger partial charge in [0.05, 0.1) is 12.1 Å². The van der Waals surface area contributed by atoms with Crippen LogP contribution in [0.2, 0.25) is 0 Å². The first-order valence-electron chi connectivity index (χ1n) is 7.67. The molecule has 0 saturated heterocycles. The lowest BCUT2D eigenvalue weighted by Crippen LogP contribution is -2.46. The molecule has 0 spiro atoms. The minimum atomic E-state index is -0.313. The summed E-state index contributed by atoms with van der Waals surface area (Å²) in [4.78, 5) is 0. The number of likely N-dealkylation sites (N-methyl/N-ethyl adjacent to an activating group) is 1. The molecule has 2 nitrogen and oxygen atoms in total. The summed E-state index contributed by atoms with van der Waals surface area (Å²) in [6.07, 6.45) is 5.39. The molecule has 2 rings (SSSR count). The third-order valence-corrected chi connectivity index (χ3v) is 6.09. The highest BCUT2D eigenvalue weighted by Gasteiger charge is 2.31. The lowest BCUT2D eigenvalue weighted by atomic mass is 9.90. The average Bonchev–Trinajstić information content (AvgIpc) is 2.50. The fourth-order valence-electron chi connectivity index (χ4n) is 3.06. The second kappa shape index (κ2) is 7.48. The van der Waals surface area contributed by atoms with Gasteiger partial charge in [0.25, 0.3) is 0 Å². The molecule has 1 aromatic rings. The monoisotopic (exact) mass is 293 g/mol. The Morgan fingerprint density at radius 2 is 2.05 bits per heavy atom. The van der Waals surface area contributed by atoms with Crippen LogP contribution in [0, 0.1) is 5.92 Å². The zero-order valence-electron chi connectivity index (χ0n) is 12.6. The molecule has 0 bridgehead atoms. The van der Waals surface area contributed by atoms with Crippen LogP contribution < -0.4 is 5.32 Å². The molecule has 20 heavy (non-hydrogen) atoms. The van der Waals surface area contributed by atoms with Crippen LogP contribution >= 0.6 is 11.8 Å². The van der Waals surface area contributed by atoms with Crippen LogP contribution in [-0.4, -0.2) is 29.8 Å². The third kappa shape index (κ3) is 3.78. The van der Waals surface area contributed by atoms with E-state index in [-0.39, 0.29) is 12.1 Å². The predicted octanol–water partition coefficient (Wildman–Crippen LogP) is 3.41. The second-order valence-corrected chi connectivity index (χ2v) is 7.35. The molecule has 0 heterocycles. The number of nitrogens with one attached hydrogen (secondary N) is 1. The number of aliphatic hydroxyl groups is 1. The number of hydrogen-bond acceptors (Lipinski definition) is 3. The van der Waals surface area contributed by atoms with Crippen LogP contribution in [0.15, 0.2) is 30.3 Å². The van der Waals surface area contributed by atoms with E-state index in [1.54, 1.807) is 0 Å². The van der Waals surface area contributed by atoms with Gasteiger partial charge >= 0.3 is 0 Å². The predicted molar refractivity (Wildman–Crippen MR) is 88.1 cm³/mol. The molecule has 3 heteroatoms. The first-order chi connectivity index (χ1) is 9.70. The normalized spacial score (nSPS) is 26.1. The average molecular weight is 293 g/mol. The summed E-state index contributed by atoms with van der Waals surface area (Å²) in [7, 11) is 1.95. The van der Waals surface area contributed by atoms with E-state index < -0.39 is 0 Å². The van der Waals surface area contributed by atoms with Crippen LogP contribution in [-0.2, 0) is 5.54 Å². The van der Waals surface area contributed by atoms with Gasteiger partial charge in [0, 0.05) is 11.0 Å². The molecule has 1 aliphatic rings. The van der Waals surface area contributed by atoms with Crippen molar-refractivity contribution in [1.82, 2.24) is 5.32 Å². The largest absolute Gasteiger partial charge is 0.394 e. The van der Waals surface area contributed by atoms with Gasteiger partial charge in [0.1, 0.15) is 0 Å². The highest BCUT2D eigenvalue weighted by Crippen LogP contribution is 2.35. The number of thioether (sulfide) groups is 1. The Hall–Kier alpha value is -0.510. The molecule has 1 saturated carbocycles. The molecule has 3 unspecified atom stereocenters. The standard InChI is InChI=1S/C17H27NOS/c1-14-7-6-10-16(11-14)20-13-17(12-19,18-2)15-8-4-3-5-9-15/h3-5,8-9,14,16,18-19H,6-7,10-13H2,1-2H3. The number of benzene rings is 1. The molecule has 1 aromatic carbocycles. The second-order valence-electron chi connectivity index (χ2n) is 6.06. The Morgan fingerprint density at radius 1 is 1.30 bits per heavy atom. The Morgan fingerprint density at radius 3 is 2.65 bits per heavy atom. The van der Waals surface area contributed by atoms with Crippen molar-refractivity contribution in [2.24, 2.45) is 5.92 Å². The van der Waals surface area contributed by atoms with E-state index in [1.165, 1.54) is 31.2 Å². The van der Waals surface area contributed by atoms with Gasteiger partial charge in [-0.15, -0.1) is 0 Å². The van der Waals surface area contributed by atoms with E-state index in [0.29, 0.717) is 0 Å². The van der Waals surface area contributed by atoms with Crippen LogP contribution in [0.4, 0.5) is 0 Å². The molecular weight excluding hydrogens is 266 g/mol. The van der Waals surface area contributed by atoms with E-state index in [1.807, 2.05) is 37.0 Å². The SMILES string of the molecule is CNC(CO)(CSC1CCCC(C)C1)c1ccccc1. The maximum Gasteiger partial charge on any atom is 0.0758 e. The zero-order valence-corrected chi connectivity index (χ0v) is 13.5. The highest BCUT2D eigenvalue weighted by molar-refractivity contribution is 7.99. The van der Waals surface area contributed by atoms with E-state index in [0.717, 1.165) is 16.9 Å². The Kier molecular flexibility index (Phi) is 5.94. The van der Waals surface area contributed by atoms with Gasteiger partial charge in [0.2, 0.25) is 0 Å². The van der Waals surface area contributed by atoms with Gasteiger partial charge < -0.3 is 10.4 Å². The van der Waals surface area contributed by atoms with Crippen molar-refractivity contribution >= 4 is 11.8 Å². The minimum Gasteiger partial charge on any atom is -0.394 e.